The van der Waals surface area contributed by atoms with E-state index in [9.17, 15) is 9.90 Å². The minimum Gasteiger partial charge on any atom is -0.489 e. The number of fused-ring (bicyclic) bond motifs is 1. The molecule has 0 saturated carbocycles. The lowest BCUT2D eigenvalue weighted by molar-refractivity contribution is 0.0697. The lowest BCUT2D eigenvalue weighted by atomic mass is 10.0. The fraction of sp³-hybridized carbons (Fsp3) is 0.143. The van der Waals surface area contributed by atoms with Crippen molar-refractivity contribution in [2.75, 3.05) is 0 Å². The van der Waals surface area contributed by atoms with Crippen LogP contribution in [0.2, 0.25) is 10.0 Å². The smallest absolute Gasteiger partial charge is 0.335 e. The minimum absolute atomic E-state index is 0.249. The Morgan fingerprint density at radius 3 is 2.58 bits per heavy atom. The number of thiophene rings is 1. The summed E-state index contributed by atoms with van der Waals surface area (Å²) in [6.45, 7) is 2.32. The van der Waals surface area contributed by atoms with E-state index in [2.05, 4.69) is 12.1 Å². The van der Waals surface area contributed by atoms with Crippen LogP contribution >= 0.6 is 34.5 Å². The number of ether oxygens (including phenoxy) is 1. The fourth-order valence-corrected chi connectivity index (χ4v) is 5.67. The van der Waals surface area contributed by atoms with Crippen LogP contribution in [0.15, 0.2) is 71.3 Å². The Morgan fingerprint density at radius 1 is 1.06 bits per heavy atom. The third-order valence-corrected chi connectivity index (χ3v) is 7.61. The summed E-state index contributed by atoms with van der Waals surface area (Å²) in [5, 5.41) is 15.6. The predicted molar refractivity (Wildman–Crippen MR) is 145 cm³/mol. The second-order valence-corrected chi connectivity index (χ2v) is 10.2. The van der Waals surface area contributed by atoms with E-state index in [1.54, 1.807) is 47.7 Å². The Morgan fingerprint density at radius 2 is 1.83 bits per heavy atom. The zero-order chi connectivity index (χ0) is 25.2. The summed E-state index contributed by atoms with van der Waals surface area (Å²) in [6.07, 6.45) is 1.61. The molecule has 0 radical (unpaired) electrons. The first kappa shape index (κ1) is 24.4. The summed E-state index contributed by atoms with van der Waals surface area (Å²) < 4.78 is 12.9. The lowest BCUT2D eigenvalue weighted by Crippen LogP contribution is -2.00. The SMILES string of the molecule is CCCc1onc(-c2c(Cl)cccc2Cl)c1COc1ccc2sc(-c3cccc(C(=O)O)c3)cc2c1. The Labute approximate surface area is 221 Å². The Bertz CT molecular complexity index is 1550. The van der Waals surface area contributed by atoms with Gasteiger partial charge in [-0.25, -0.2) is 4.79 Å². The van der Waals surface area contributed by atoms with Crippen molar-refractivity contribution in [1.29, 1.82) is 0 Å². The van der Waals surface area contributed by atoms with Gasteiger partial charge < -0.3 is 14.4 Å². The maximum Gasteiger partial charge on any atom is 0.335 e. The van der Waals surface area contributed by atoms with E-state index in [4.69, 9.17) is 32.5 Å². The first-order chi connectivity index (χ1) is 17.4. The van der Waals surface area contributed by atoms with Gasteiger partial charge >= 0.3 is 5.97 Å². The van der Waals surface area contributed by atoms with Crippen molar-refractivity contribution < 1.29 is 19.2 Å². The van der Waals surface area contributed by atoms with Crippen molar-refractivity contribution in [3.8, 4) is 27.4 Å². The van der Waals surface area contributed by atoms with Gasteiger partial charge in [-0.2, -0.15) is 0 Å². The van der Waals surface area contributed by atoms with E-state index in [0.29, 0.717) is 27.1 Å². The highest BCUT2D eigenvalue weighted by atomic mass is 35.5. The molecule has 1 N–H and O–H groups in total. The van der Waals surface area contributed by atoms with Crippen LogP contribution in [0, 0.1) is 0 Å². The van der Waals surface area contributed by atoms with Gasteiger partial charge in [0.25, 0.3) is 0 Å². The number of aromatic nitrogens is 1. The number of aromatic carboxylic acids is 1. The Hall–Kier alpha value is -3.32. The monoisotopic (exact) mass is 537 g/mol. The van der Waals surface area contributed by atoms with Crippen LogP contribution in [0.4, 0.5) is 0 Å². The number of nitrogens with zero attached hydrogens (tertiary/aromatic N) is 1. The number of hydrogen-bond acceptors (Lipinski definition) is 5. The van der Waals surface area contributed by atoms with Gasteiger partial charge in [0.05, 0.1) is 21.2 Å². The second-order valence-electron chi connectivity index (χ2n) is 8.26. The quantitative estimate of drug-likeness (QED) is 0.214. The van der Waals surface area contributed by atoms with Crippen molar-refractivity contribution in [2.45, 2.75) is 26.4 Å². The van der Waals surface area contributed by atoms with Gasteiger partial charge in [-0.1, -0.05) is 53.5 Å². The molecule has 2 heterocycles. The van der Waals surface area contributed by atoms with Crippen LogP contribution in [0.3, 0.4) is 0 Å². The second kappa shape index (κ2) is 10.3. The summed E-state index contributed by atoms with van der Waals surface area (Å²) in [5.74, 6) is 0.508. The molecule has 0 unspecified atom stereocenters. The molecule has 0 aliphatic rings. The number of halogens is 2. The van der Waals surface area contributed by atoms with Crippen LogP contribution in [-0.4, -0.2) is 16.2 Å². The maximum atomic E-state index is 11.3. The average molecular weight is 538 g/mol. The molecule has 0 bridgehead atoms. The van der Waals surface area contributed by atoms with Crippen LogP contribution in [-0.2, 0) is 13.0 Å². The van der Waals surface area contributed by atoms with Gasteiger partial charge in [0.1, 0.15) is 23.8 Å². The molecule has 5 rings (SSSR count). The van der Waals surface area contributed by atoms with E-state index in [0.717, 1.165) is 44.7 Å². The molecule has 36 heavy (non-hydrogen) atoms. The highest BCUT2D eigenvalue weighted by Crippen LogP contribution is 2.39. The van der Waals surface area contributed by atoms with E-state index in [-0.39, 0.29) is 12.2 Å². The summed E-state index contributed by atoms with van der Waals surface area (Å²) in [6, 6.07) is 20.2. The van der Waals surface area contributed by atoms with E-state index >= 15 is 0 Å². The number of benzene rings is 3. The molecule has 3 aromatic carbocycles. The third-order valence-electron chi connectivity index (χ3n) is 5.81. The number of carbonyl (C=O) groups is 1. The van der Waals surface area contributed by atoms with Crippen molar-refractivity contribution in [3.63, 3.8) is 0 Å². The summed E-state index contributed by atoms with van der Waals surface area (Å²) in [7, 11) is 0. The standard InChI is InChI=1S/C28H21Cl2NO4S/c1-2-5-23-20(27(31-35-23)26-21(29)8-4-9-22(26)30)15-34-19-10-11-24-18(13-19)14-25(36-24)16-6-3-7-17(12-16)28(32)33/h3-4,6-14H,2,5,15H2,1H3,(H,32,33). The molecule has 8 heteroatoms. The maximum absolute atomic E-state index is 11.3. The average Bonchev–Trinajstić information content (AvgIpc) is 3.47. The van der Waals surface area contributed by atoms with Crippen molar-refractivity contribution >= 4 is 50.6 Å². The van der Waals surface area contributed by atoms with Crippen molar-refractivity contribution in [2.24, 2.45) is 0 Å². The van der Waals surface area contributed by atoms with Gasteiger partial charge in [0.2, 0.25) is 0 Å². The van der Waals surface area contributed by atoms with Gasteiger partial charge in [0, 0.05) is 21.6 Å². The van der Waals surface area contributed by atoms with Crippen LogP contribution in [0.25, 0.3) is 31.8 Å². The van der Waals surface area contributed by atoms with Gasteiger partial charge in [0.15, 0.2) is 0 Å². The molecule has 0 aliphatic carbocycles. The molecule has 0 fully saturated rings. The molecular weight excluding hydrogens is 517 g/mol. The number of hydrogen-bond donors (Lipinski definition) is 1. The number of carboxylic acid groups (broad SMARTS) is 1. The number of rotatable bonds is 8. The van der Waals surface area contributed by atoms with Crippen molar-refractivity contribution in [1.82, 2.24) is 5.16 Å². The van der Waals surface area contributed by atoms with E-state index in [1.807, 2.05) is 30.3 Å². The molecular formula is C28H21Cl2NO4S. The predicted octanol–water partition coefficient (Wildman–Crippen LogP) is 8.76. The highest BCUT2D eigenvalue weighted by Gasteiger charge is 2.22. The lowest BCUT2D eigenvalue weighted by Gasteiger charge is -2.09. The molecule has 5 nitrogen and oxygen atoms in total. The molecule has 2 aromatic heterocycles. The zero-order valence-corrected chi connectivity index (χ0v) is 21.6. The third kappa shape index (κ3) is 4.85. The van der Waals surface area contributed by atoms with Crippen LogP contribution < -0.4 is 4.74 Å². The Kier molecular flexibility index (Phi) is 7.01. The van der Waals surface area contributed by atoms with Crippen molar-refractivity contribution in [3.05, 3.63) is 93.7 Å². The number of aryl methyl sites for hydroxylation is 1. The van der Waals surface area contributed by atoms with Gasteiger partial charge in [-0.3, -0.25) is 0 Å². The molecule has 5 aromatic rings. The molecule has 0 amide bonds. The molecule has 0 spiro atoms. The van der Waals surface area contributed by atoms with Gasteiger partial charge in [-0.05, 0) is 65.9 Å². The number of carboxylic acids is 1. The first-order valence-corrected chi connectivity index (χ1v) is 12.9. The summed E-state index contributed by atoms with van der Waals surface area (Å²) >= 11 is 14.5. The minimum atomic E-state index is -0.942. The van der Waals surface area contributed by atoms with E-state index in [1.165, 1.54) is 0 Å². The van der Waals surface area contributed by atoms with Gasteiger partial charge in [-0.15, -0.1) is 11.3 Å². The molecule has 182 valence electrons. The summed E-state index contributed by atoms with van der Waals surface area (Å²) in [5.41, 5.74) is 3.18. The topological polar surface area (TPSA) is 72.6 Å². The molecule has 0 atom stereocenters. The normalized spacial score (nSPS) is 11.2. The highest BCUT2D eigenvalue weighted by molar-refractivity contribution is 7.22. The fourth-order valence-electron chi connectivity index (χ4n) is 4.05. The van der Waals surface area contributed by atoms with Crippen LogP contribution in [0.5, 0.6) is 5.75 Å². The molecule has 0 saturated heterocycles. The zero-order valence-electron chi connectivity index (χ0n) is 19.3. The van der Waals surface area contributed by atoms with Crippen LogP contribution in [0.1, 0.15) is 35.0 Å². The first-order valence-electron chi connectivity index (χ1n) is 11.4. The van der Waals surface area contributed by atoms with E-state index < -0.39 is 5.97 Å². The molecule has 0 aliphatic heterocycles. The Balaban J connectivity index is 1.44. The largest absolute Gasteiger partial charge is 0.489 e. The summed E-state index contributed by atoms with van der Waals surface area (Å²) in [4.78, 5) is 12.3.